The van der Waals surface area contributed by atoms with Gasteiger partial charge in [0.15, 0.2) is 0 Å². The molecule has 2 rings (SSSR count). The van der Waals surface area contributed by atoms with Crippen LogP contribution in [0.15, 0.2) is 12.1 Å². The summed E-state index contributed by atoms with van der Waals surface area (Å²) in [5.41, 5.74) is 5.98. The molecule has 16 heavy (non-hydrogen) atoms. The average Bonchev–Trinajstić information content (AvgIpc) is 2.87. The molecule has 1 aliphatic heterocycles. The summed E-state index contributed by atoms with van der Waals surface area (Å²) in [5, 5.41) is 0. The van der Waals surface area contributed by atoms with Crippen molar-refractivity contribution < 1.29 is 4.79 Å². The summed E-state index contributed by atoms with van der Waals surface area (Å²) in [7, 11) is 0. The van der Waals surface area contributed by atoms with Gasteiger partial charge < -0.3 is 10.6 Å². The summed E-state index contributed by atoms with van der Waals surface area (Å²) < 4.78 is 0.721. The number of carbonyl (C=O) groups is 1. The van der Waals surface area contributed by atoms with E-state index in [1.54, 1.807) is 0 Å². The van der Waals surface area contributed by atoms with E-state index in [0.717, 1.165) is 35.1 Å². The lowest BCUT2D eigenvalue weighted by atomic mass is 10.1. The van der Waals surface area contributed by atoms with Crippen molar-refractivity contribution in [2.24, 2.45) is 5.73 Å². The molecule has 2 N–H and O–H groups in total. The summed E-state index contributed by atoms with van der Waals surface area (Å²) in [6, 6.07) is 3.50. The van der Waals surface area contributed by atoms with Crippen LogP contribution in [0.4, 0.5) is 0 Å². The maximum atomic E-state index is 11.9. The van der Waals surface area contributed by atoms with Gasteiger partial charge in [-0.1, -0.05) is 11.6 Å². The minimum atomic E-state index is -0.217. The van der Waals surface area contributed by atoms with Gasteiger partial charge in [0.2, 0.25) is 5.91 Å². The van der Waals surface area contributed by atoms with Crippen LogP contribution in [-0.2, 0) is 4.79 Å². The minimum absolute atomic E-state index is 0.162. The molecule has 1 saturated heterocycles. The third kappa shape index (κ3) is 2.75. The van der Waals surface area contributed by atoms with E-state index in [9.17, 15) is 4.79 Å². The number of nitrogens with zero attached hydrogens (tertiary/aromatic N) is 1. The molecule has 0 spiro atoms. The number of amides is 1. The van der Waals surface area contributed by atoms with Crippen LogP contribution in [0.2, 0.25) is 4.34 Å². The summed E-state index contributed by atoms with van der Waals surface area (Å²) in [6.07, 6.45) is 2.62. The molecule has 1 amide bonds. The highest BCUT2D eigenvalue weighted by Crippen LogP contribution is 2.27. The normalized spacial score (nSPS) is 17.8. The number of hydrogen-bond donors (Lipinski definition) is 1. The maximum absolute atomic E-state index is 11.9. The number of carbonyl (C=O) groups excluding carboxylic acids is 1. The van der Waals surface area contributed by atoms with E-state index in [1.807, 2.05) is 17.0 Å². The number of thiophene rings is 1. The first-order valence-corrected chi connectivity index (χ1v) is 6.65. The van der Waals surface area contributed by atoms with Crippen molar-refractivity contribution in [3.05, 3.63) is 21.3 Å². The van der Waals surface area contributed by atoms with Gasteiger partial charge >= 0.3 is 0 Å². The van der Waals surface area contributed by atoms with E-state index in [1.165, 1.54) is 11.3 Å². The molecule has 3 nitrogen and oxygen atoms in total. The summed E-state index contributed by atoms with van der Waals surface area (Å²) in [5.74, 6) is 0.162. The van der Waals surface area contributed by atoms with Crippen LogP contribution in [0.1, 0.15) is 30.2 Å². The van der Waals surface area contributed by atoms with Crippen molar-refractivity contribution in [1.82, 2.24) is 4.90 Å². The van der Waals surface area contributed by atoms with Gasteiger partial charge in [0.25, 0.3) is 0 Å². The van der Waals surface area contributed by atoms with E-state index in [-0.39, 0.29) is 11.9 Å². The fourth-order valence-corrected chi connectivity index (χ4v) is 2.97. The lowest BCUT2D eigenvalue weighted by Gasteiger charge is -2.17. The Kier molecular flexibility index (Phi) is 3.84. The second kappa shape index (κ2) is 5.17. The van der Waals surface area contributed by atoms with E-state index < -0.39 is 0 Å². The van der Waals surface area contributed by atoms with Gasteiger partial charge in [0, 0.05) is 30.4 Å². The van der Waals surface area contributed by atoms with Crippen molar-refractivity contribution in [3.8, 4) is 0 Å². The topological polar surface area (TPSA) is 46.3 Å². The second-order valence-electron chi connectivity index (χ2n) is 4.04. The van der Waals surface area contributed by atoms with Crippen LogP contribution in [0.3, 0.4) is 0 Å². The molecule has 1 aliphatic rings. The predicted octanol–water partition coefficient (Wildman–Crippen LogP) is 2.41. The third-order valence-corrected chi connectivity index (χ3v) is 4.18. The molecule has 0 aromatic carbocycles. The smallest absolute Gasteiger partial charge is 0.224 e. The molecule has 1 aromatic heterocycles. The Bertz CT molecular complexity index is 374. The van der Waals surface area contributed by atoms with Gasteiger partial charge in [-0.2, -0.15) is 0 Å². The zero-order valence-electron chi connectivity index (χ0n) is 8.99. The molecule has 0 radical (unpaired) electrons. The molecule has 0 saturated carbocycles. The second-order valence-corrected chi connectivity index (χ2v) is 5.79. The van der Waals surface area contributed by atoms with Crippen LogP contribution >= 0.6 is 22.9 Å². The number of likely N-dealkylation sites (tertiary alicyclic amines) is 1. The number of nitrogens with two attached hydrogens (primary N) is 1. The molecule has 0 aliphatic carbocycles. The highest BCUT2D eigenvalue weighted by atomic mass is 35.5. The highest BCUT2D eigenvalue weighted by molar-refractivity contribution is 7.16. The number of hydrogen-bond acceptors (Lipinski definition) is 3. The Labute approximate surface area is 104 Å². The largest absolute Gasteiger partial charge is 0.343 e. The summed E-state index contributed by atoms with van der Waals surface area (Å²) in [6.45, 7) is 1.77. The van der Waals surface area contributed by atoms with Crippen molar-refractivity contribution in [3.63, 3.8) is 0 Å². The quantitative estimate of drug-likeness (QED) is 0.905. The third-order valence-electron chi connectivity index (χ3n) is 2.81. The van der Waals surface area contributed by atoms with Crippen LogP contribution in [-0.4, -0.2) is 23.9 Å². The van der Waals surface area contributed by atoms with Gasteiger partial charge in [0.05, 0.1) is 4.34 Å². The molecular formula is C11H15ClN2OS. The van der Waals surface area contributed by atoms with Crippen molar-refractivity contribution in [1.29, 1.82) is 0 Å². The van der Waals surface area contributed by atoms with Crippen LogP contribution in [0.5, 0.6) is 0 Å². The van der Waals surface area contributed by atoms with Crippen LogP contribution in [0.25, 0.3) is 0 Å². The first-order chi connectivity index (χ1) is 7.66. The van der Waals surface area contributed by atoms with Crippen LogP contribution < -0.4 is 5.73 Å². The van der Waals surface area contributed by atoms with E-state index in [0.29, 0.717) is 6.42 Å². The van der Waals surface area contributed by atoms with Crippen LogP contribution in [0, 0.1) is 0 Å². The molecule has 1 fully saturated rings. The molecule has 2 heterocycles. The number of halogens is 1. The van der Waals surface area contributed by atoms with Gasteiger partial charge in [0.1, 0.15) is 0 Å². The Hall–Kier alpha value is -0.580. The monoisotopic (exact) mass is 258 g/mol. The van der Waals surface area contributed by atoms with Gasteiger partial charge in [-0.05, 0) is 25.0 Å². The molecule has 1 unspecified atom stereocenters. The van der Waals surface area contributed by atoms with Gasteiger partial charge in [-0.15, -0.1) is 11.3 Å². The maximum Gasteiger partial charge on any atom is 0.224 e. The zero-order chi connectivity index (χ0) is 11.5. The van der Waals surface area contributed by atoms with E-state index in [4.69, 9.17) is 17.3 Å². The first-order valence-electron chi connectivity index (χ1n) is 5.45. The lowest BCUT2D eigenvalue weighted by Crippen LogP contribution is -2.30. The van der Waals surface area contributed by atoms with Crippen molar-refractivity contribution >= 4 is 28.8 Å². The minimum Gasteiger partial charge on any atom is -0.343 e. The van der Waals surface area contributed by atoms with Crippen molar-refractivity contribution in [2.45, 2.75) is 25.3 Å². The summed E-state index contributed by atoms with van der Waals surface area (Å²) in [4.78, 5) is 14.7. The standard InChI is InChI=1S/C11H15ClN2OS/c12-10-4-3-9(16-10)8(13)7-11(15)14-5-1-2-6-14/h3-4,8H,1-2,5-7,13H2. The average molecular weight is 259 g/mol. The van der Waals surface area contributed by atoms with Crippen molar-refractivity contribution in [2.75, 3.05) is 13.1 Å². The Morgan fingerprint density at radius 1 is 1.50 bits per heavy atom. The molecule has 0 bridgehead atoms. The molecular weight excluding hydrogens is 244 g/mol. The number of rotatable bonds is 3. The molecule has 88 valence electrons. The van der Waals surface area contributed by atoms with Gasteiger partial charge in [-0.25, -0.2) is 0 Å². The Balaban J connectivity index is 1.91. The molecule has 5 heteroatoms. The highest BCUT2D eigenvalue weighted by Gasteiger charge is 2.21. The first kappa shape index (κ1) is 11.9. The van der Waals surface area contributed by atoms with E-state index >= 15 is 0 Å². The Morgan fingerprint density at radius 2 is 2.19 bits per heavy atom. The molecule has 1 aromatic rings. The zero-order valence-corrected chi connectivity index (χ0v) is 10.6. The SMILES string of the molecule is NC(CC(=O)N1CCCC1)c1ccc(Cl)s1. The predicted molar refractivity (Wildman–Crippen MR) is 66.7 cm³/mol. The fourth-order valence-electron chi connectivity index (χ4n) is 1.91. The lowest BCUT2D eigenvalue weighted by molar-refractivity contribution is -0.130. The van der Waals surface area contributed by atoms with Gasteiger partial charge in [-0.3, -0.25) is 4.79 Å². The summed E-state index contributed by atoms with van der Waals surface area (Å²) >= 11 is 7.29. The fraction of sp³-hybridized carbons (Fsp3) is 0.545. The Morgan fingerprint density at radius 3 is 2.75 bits per heavy atom. The molecule has 1 atom stereocenters. The van der Waals surface area contributed by atoms with E-state index in [2.05, 4.69) is 0 Å².